The van der Waals surface area contributed by atoms with Gasteiger partial charge in [-0.25, -0.2) is 9.48 Å². The third-order valence-corrected chi connectivity index (χ3v) is 8.45. The highest BCUT2D eigenvalue weighted by molar-refractivity contribution is 6.31. The van der Waals surface area contributed by atoms with Crippen molar-refractivity contribution in [2.75, 3.05) is 51.3 Å². The number of halogens is 1. The predicted octanol–water partition coefficient (Wildman–Crippen LogP) is 5.92. The Bertz CT molecular complexity index is 1420. The third-order valence-electron chi connectivity index (χ3n) is 8.04. The molecule has 2 amide bonds. The van der Waals surface area contributed by atoms with E-state index in [0.717, 1.165) is 41.5 Å². The molecular weight excluding hydrogens is 554 g/mol. The number of hydrogen-bond donors (Lipinski definition) is 0. The van der Waals surface area contributed by atoms with E-state index >= 15 is 0 Å². The molecular formula is C32H40ClN5O4. The second-order valence-electron chi connectivity index (χ2n) is 12.0. The largest absolute Gasteiger partial charge is 0.497 e. The van der Waals surface area contributed by atoms with E-state index in [0.29, 0.717) is 49.6 Å². The van der Waals surface area contributed by atoms with E-state index < -0.39 is 5.60 Å². The van der Waals surface area contributed by atoms with E-state index in [1.54, 1.807) is 18.2 Å². The Labute approximate surface area is 252 Å². The Morgan fingerprint density at radius 1 is 0.929 bits per heavy atom. The van der Waals surface area contributed by atoms with E-state index in [2.05, 4.69) is 17.0 Å². The summed E-state index contributed by atoms with van der Waals surface area (Å²) in [5.41, 5.74) is 3.82. The van der Waals surface area contributed by atoms with Crippen LogP contribution in [-0.4, -0.2) is 83.6 Å². The third kappa shape index (κ3) is 6.36. The molecule has 3 aromatic rings. The molecule has 10 heteroatoms. The Kier molecular flexibility index (Phi) is 8.68. The van der Waals surface area contributed by atoms with Crippen molar-refractivity contribution in [3.8, 4) is 11.4 Å². The van der Waals surface area contributed by atoms with Crippen molar-refractivity contribution in [3.05, 3.63) is 70.5 Å². The first kappa shape index (κ1) is 29.8. The van der Waals surface area contributed by atoms with Crippen LogP contribution in [0.15, 0.2) is 48.7 Å². The number of ether oxygens (including phenoxy) is 2. The van der Waals surface area contributed by atoms with Crippen molar-refractivity contribution in [2.24, 2.45) is 0 Å². The first-order valence-corrected chi connectivity index (χ1v) is 14.9. The number of aromatic nitrogens is 2. The number of amides is 2. The van der Waals surface area contributed by atoms with Crippen LogP contribution in [0.3, 0.4) is 0 Å². The summed E-state index contributed by atoms with van der Waals surface area (Å²) in [4.78, 5) is 32.7. The van der Waals surface area contributed by atoms with Crippen molar-refractivity contribution >= 4 is 29.3 Å². The van der Waals surface area contributed by atoms with E-state index in [1.165, 1.54) is 0 Å². The summed E-state index contributed by atoms with van der Waals surface area (Å²) >= 11 is 6.49. The van der Waals surface area contributed by atoms with Crippen molar-refractivity contribution in [2.45, 2.75) is 52.1 Å². The van der Waals surface area contributed by atoms with Gasteiger partial charge in [0.25, 0.3) is 5.91 Å². The molecule has 0 saturated carbocycles. The Hall–Kier alpha value is -3.72. The minimum atomic E-state index is -0.548. The van der Waals surface area contributed by atoms with Gasteiger partial charge in [-0.2, -0.15) is 5.10 Å². The number of nitrogens with zero attached hydrogens (tertiary/aromatic N) is 5. The highest BCUT2D eigenvalue weighted by atomic mass is 35.5. The van der Waals surface area contributed by atoms with Crippen LogP contribution in [0, 0.1) is 6.92 Å². The summed E-state index contributed by atoms with van der Waals surface area (Å²) in [6.07, 6.45) is 2.81. The normalized spacial score (nSPS) is 16.5. The molecule has 2 aliphatic heterocycles. The number of hydrogen-bond acceptors (Lipinski definition) is 6. The Morgan fingerprint density at radius 3 is 2.21 bits per heavy atom. The minimum Gasteiger partial charge on any atom is -0.497 e. The number of carbonyl (C=O) groups is 2. The molecule has 3 heterocycles. The zero-order chi connectivity index (χ0) is 30.0. The number of piperidine rings is 1. The molecule has 0 N–H and O–H groups in total. The summed E-state index contributed by atoms with van der Waals surface area (Å²) in [5, 5.41) is 5.39. The van der Waals surface area contributed by atoms with Crippen LogP contribution in [0.4, 0.5) is 10.5 Å². The molecule has 0 aliphatic carbocycles. The molecule has 2 aromatic carbocycles. The molecule has 2 fully saturated rings. The summed E-state index contributed by atoms with van der Waals surface area (Å²) < 4.78 is 12.8. The summed E-state index contributed by atoms with van der Waals surface area (Å²) in [5.74, 6) is 0.855. The standard InChI is InChI=1S/C32H40ClN5O4/c1-22-27(33)7-6-8-28(22)38-29(23-13-15-37(16-14-23)31(40)42-32(2,3)4)26(21-34-38)30(39)36-19-17-35(18-20-36)24-9-11-25(41-5)12-10-24/h6-12,21,23H,13-20H2,1-5H3. The first-order valence-electron chi connectivity index (χ1n) is 14.6. The van der Waals surface area contributed by atoms with Gasteiger partial charge in [0, 0.05) is 55.9 Å². The lowest BCUT2D eigenvalue weighted by molar-refractivity contribution is 0.0203. The molecule has 5 rings (SSSR count). The number of benzene rings is 2. The Morgan fingerprint density at radius 2 is 1.60 bits per heavy atom. The van der Waals surface area contributed by atoms with Gasteiger partial charge in [-0.3, -0.25) is 4.79 Å². The van der Waals surface area contributed by atoms with Crippen molar-refractivity contribution in [1.29, 1.82) is 0 Å². The van der Waals surface area contributed by atoms with Crippen molar-refractivity contribution in [3.63, 3.8) is 0 Å². The quantitative estimate of drug-likeness (QED) is 0.365. The van der Waals surface area contributed by atoms with Gasteiger partial charge < -0.3 is 24.2 Å². The summed E-state index contributed by atoms with van der Waals surface area (Å²) in [6, 6.07) is 13.8. The second kappa shape index (κ2) is 12.3. The van der Waals surface area contributed by atoms with Gasteiger partial charge in [-0.1, -0.05) is 17.7 Å². The van der Waals surface area contributed by atoms with Gasteiger partial charge in [0.1, 0.15) is 11.4 Å². The molecule has 0 radical (unpaired) electrons. The van der Waals surface area contributed by atoms with Gasteiger partial charge in [0.15, 0.2) is 0 Å². The molecule has 1 aromatic heterocycles. The zero-order valence-corrected chi connectivity index (χ0v) is 25.9. The monoisotopic (exact) mass is 593 g/mol. The number of piperazine rings is 1. The molecule has 0 spiro atoms. The van der Waals surface area contributed by atoms with Gasteiger partial charge >= 0.3 is 6.09 Å². The second-order valence-corrected chi connectivity index (χ2v) is 12.4. The SMILES string of the molecule is COc1ccc(N2CCN(C(=O)c3cnn(-c4cccc(Cl)c4C)c3C3CCN(C(=O)OC(C)(C)C)CC3)CC2)cc1. The first-order chi connectivity index (χ1) is 20.1. The van der Waals surface area contributed by atoms with E-state index in [9.17, 15) is 9.59 Å². The number of rotatable bonds is 5. The average Bonchev–Trinajstić information content (AvgIpc) is 3.42. The lowest BCUT2D eigenvalue weighted by atomic mass is 9.90. The summed E-state index contributed by atoms with van der Waals surface area (Å²) in [7, 11) is 1.66. The average molecular weight is 594 g/mol. The van der Waals surface area contributed by atoms with Crippen LogP contribution in [0.1, 0.15) is 61.1 Å². The molecule has 224 valence electrons. The fraction of sp³-hybridized carbons (Fsp3) is 0.469. The van der Waals surface area contributed by atoms with Crippen molar-refractivity contribution < 1.29 is 19.1 Å². The summed E-state index contributed by atoms with van der Waals surface area (Å²) in [6.45, 7) is 11.4. The molecule has 2 saturated heterocycles. The number of methoxy groups -OCH3 is 1. The van der Waals surface area contributed by atoms with E-state index in [4.69, 9.17) is 26.2 Å². The lowest BCUT2D eigenvalue weighted by Gasteiger charge is -2.37. The van der Waals surface area contributed by atoms with Crippen LogP contribution in [-0.2, 0) is 4.74 Å². The lowest BCUT2D eigenvalue weighted by Crippen LogP contribution is -2.49. The Balaban J connectivity index is 1.37. The minimum absolute atomic E-state index is 0.0140. The smallest absolute Gasteiger partial charge is 0.410 e. The fourth-order valence-electron chi connectivity index (χ4n) is 5.73. The maximum atomic E-state index is 14.0. The van der Waals surface area contributed by atoms with Crippen molar-refractivity contribution in [1.82, 2.24) is 19.6 Å². The van der Waals surface area contributed by atoms with Crippen LogP contribution >= 0.6 is 11.6 Å². The maximum absolute atomic E-state index is 14.0. The number of anilines is 1. The maximum Gasteiger partial charge on any atom is 0.410 e. The van der Waals surface area contributed by atoms with Crippen LogP contribution in [0.25, 0.3) is 5.69 Å². The topological polar surface area (TPSA) is 80.1 Å². The highest BCUT2D eigenvalue weighted by Crippen LogP contribution is 2.35. The van der Waals surface area contributed by atoms with Gasteiger partial charge in [0.05, 0.1) is 30.3 Å². The zero-order valence-electron chi connectivity index (χ0n) is 25.1. The molecule has 9 nitrogen and oxygen atoms in total. The molecule has 2 aliphatic rings. The fourth-order valence-corrected chi connectivity index (χ4v) is 5.90. The number of likely N-dealkylation sites (tertiary alicyclic amines) is 1. The van der Waals surface area contributed by atoms with Crippen LogP contribution in [0.5, 0.6) is 5.75 Å². The molecule has 0 unspecified atom stereocenters. The van der Waals surface area contributed by atoms with Gasteiger partial charge in [-0.15, -0.1) is 0 Å². The molecule has 0 bridgehead atoms. The van der Waals surface area contributed by atoms with Gasteiger partial charge in [-0.05, 0) is 82.5 Å². The van der Waals surface area contributed by atoms with E-state index in [1.807, 2.05) is 67.6 Å². The van der Waals surface area contributed by atoms with E-state index in [-0.39, 0.29) is 17.9 Å². The molecule has 0 atom stereocenters. The number of carbonyl (C=O) groups excluding carboxylic acids is 2. The van der Waals surface area contributed by atoms with Crippen LogP contribution < -0.4 is 9.64 Å². The predicted molar refractivity (Wildman–Crippen MR) is 164 cm³/mol. The molecule has 42 heavy (non-hydrogen) atoms. The van der Waals surface area contributed by atoms with Crippen LogP contribution in [0.2, 0.25) is 5.02 Å². The van der Waals surface area contributed by atoms with Gasteiger partial charge in [0.2, 0.25) is 0 Å². The highest BCUT2D eigenvalue weighted by Gasteiger charge is 2.34.